The maximum atomic E-state index is 6.43. The summed E-state index contributed by atoms with van der Waals surface area (Å²) in [6.45, 7) is 5.89. The van der Waals surface area contributed by atoms with Crippen molar-refractivity contribution in [3.63, 3.8) is 0 Å². The van der Waals surface area contributed by atoms with Crippen LogP contribution < -0.4 is 5.73 Å². The minimum atomic E-state index is 0.153. The lowest BCUT2D eigenvalue weighted by Crippen LogP contribution is -2.49. The Labute approximate surface area is 94.2 Å². The third-order valence-corrected chi connectivity index (χ3v) is 4.33. The molecule has 2 aliphatic rings. The highest BCUT2D eigenvalue weighted by molar-refractivity contribution is 4.92. The number of hydrogen-bond donors (Lipinski definition) is 1. The predicted octanol–water partition coefficient (Wildman–Crippen LogP) is 2.38. The molecular weight excluding hydrogens is 184 g/mol. The van der Waals surface area contributed by atoms with Gasteiger partial charge in [-0.25, -0.2) is 0 Å². The van der Waals surface area contributed by atoms with Gasteiger partial charge in [0.25, 0.3) is 0 Å². The van der Waals surface area contributed by atoms with Gasteiger partial charge in [-0.1, -0.05) is 26.2 Å². The fourth-order valence-corrected chi connectivity index (χ4v) is 3.03. The van der Waals surface area contributed by atoms with Crippen molar-refractivity contribution in [1.82, 2.24) is 4.90 Å². The van der Waals surface area contributed by atoms with E-state index in [4.69, 9.17) is 5.73 Å². The van der Waals surface area contributed by atoms with Crippen molar-refractivity contribution < 1.29 is 0 Å². The van der Waals surface area contributed by atoms with Crippen molar-refractivity contribution in [2.45, 2.75) is 57.4 Å². The summed E-state index contributed by atoms with van der Waals surface area (Å²) in [6, 6.07) is 0. The van der Waals surface area contributed by atoms with E-state index in [1.807, 2.05) is 0 Å². The minimum Gasteiger partial charge on any atom is -0.324 e. The van der Waals surface area contributed by atoms with Gasteiger partial charge in [-0.15, -0.1) is 0 Å². The summed E-state index contributed by atoms with van der Waals surface area (Å²) in [4.78, 5) is 2.59. The molecule has 2 heteroatoms. The van der Waals surface area contributed by atoms with Crippen LogP contribution in [0.1, 0.15) is 51.9 Å². The molecule has 2 aliphatic carbocycles. The van der Waals surface area contributed by atoms with Gasteiger partial charge in [-0.3, -0.25) is 0 Å². The quantitative estimate of drug-likeness (QED) is 0.755. The van der Waals surface area contributed by atoms with Crippen LogP contribution in [0.5, 0.6) is 0 Å². The zero-order valence-corrected chi connectivity index (χ0v) is 10.2. The van der Waals surface area contributed by atoms with E-state index in [-0.39, 0.29) is 5.54 Å². The summed E-state index contributed by atoms with van der Waals surface area (Å²) in [6.07, 6.45) is 9.54. The highest BCUT2D eigenvalue weighted by atomic mass is 15.1. The van der Waals surface area contributed by atoms with E-state index < -0.39 is 0 Å². The number of rotatable bonds is 5. The number of nitrogens with two attached hydrogens (primary N) is 1. The molecule has 0 unspecified atom stereocenters. The largest absolute Gasteiger partial charge is 0.324 e. The van der Waals surface area contributed by atoms with Gasteiger partial charge in [-0.05, 0) is 38.1 Å². The first-order valence-corrected chi connectivity index (χ1v) is 6.73. The summed E-state index contributed by atoms with van der Waals surface area (Å²) in [5.41, 5.74) is 6.58. The second kappa shape index (κ2) is 4.84. The van der Waals surface area contributed by atoms with E-state index in [2.05, 4.69) is 11.8 Å². The number of hydrogen-bond acceptors (Lipinski definition) is 2. The minimum absolute atomic E-state index is 0.153. The number of nitrogens with zero attached hydrogens (tertiary/aromatic N) is 1. The highest BCUT2D eigenvalue weighted by Crippen LogP contribution is 2.30. The van der Waals surface area contributed by atoms with Gasteiger partial charge in [0.15, 0.2) is 0 Å². The molecule has 2 rings (SSSR count). The molecule has 0 aromatic rings. The van der Waals surface area contributed by atoms with Crippen LogP contribution in [-0.2, 0) is 0 Å². The summed E-state index contributed by atoms with van der Waals surface area (Å²) >= 11 is 0. The van der Waals surface area contributed by atoms with Crippen molar-refractivity contribution in [2.75, 3.05) is 19.6 Å². The first kappa shape index (κ1) is 11.4. The topological polar surface area (TPSA) is 29.3 Å². The summed E-state index contributed by atoms with van der Waals surface area (Å²) < 4.78 is 0. The Balaban J connectivity index is 1.78. The second-order valence-corrected chi connectivity index (χ2v) is 5.69. The van der Waals surface area contributed by atoms with E-state index in [0.29, 0.717) is 0 Å². The average Bonchev–Trinajstić information content (AvgIpc) is 2.57. The van der Waals surface area contributed by atoms with E-state index >= 15 is 0 Å². The van der Waals surface area contributed by atoms with Gasteiger partial charge in [0.05, 0.1) is 0 Å². The zero-order chi connectivity index (χ0) is 10.7. The third kappa shape index (κ3) is 2.94. The van der Waals surface area contributed by atoms with E-state index in [9.17, 15) is 0 Å². The lowest BCUT2D eigenvalue weighted by Gasteiger charge is -2.36. The van der Waals surface area contributed by atoms with Gasteiger partial charge < -0.3 is 10.6 Å². The van der Waals surface area contributed by atoms with Crippen LogP contribution in [-0.4, -0.2) is 30.1 Å². The fraction of sp³-hybridized carbons (Fsp3) is 1.00. The molecule has 0 aromatic heterocycles. The Hall–Kier alpha value is -0.0800. The molecule has 88 valence electrons. The lowest BCUT2D eigenvalue weighted by molar-refractivity contribution is 0.153. The van der Waals surface area contributed by atoms with E-state index in [1.165, 1.54) is 58.0 Å². The van der Waals surface area contributed by atoms with E-state index in [1.54, 1.807) is 0 Å². The predicted molar refractivity (Wildman–Crippen MR) is 64.8 cm³/mol. The van der Waals surface area contributed by atoms with E-state index in [0.717, 1.165) is 12.5 Å². The van der Waals surface area contributed by atoms with Crippen molar-refractivity contribution >= 4 is 0 Å². The molecule has 2 N–H and O–H groups in total. The fourth-order valence-electron chi connectivity index (χ4n) is 3.03. The lowest BCUT2D eigenvalue weighted by atomic mass is 9.84. The van der Waals surface area contributed by atoms with Crippen LogP contribution in [0.3, 0.4) is 0 Å². The summed E-state index contributed by atoms with van der Waals surface area (Å²) in [7, 11) is 0. The Kier molecular flexibility index (Phi) is 3.68. The molecule has 0 saturated heterocycles. The molecule has 2 nitrogen and oxygen atoms in total. The average molecular weight is 210 g/mol. The van der Waals surface area contributed by atoms with Crippen LogP contribution in [0.2, 0.25) is 0 Å². The van der Waals surface area contributed by atoms with Crippen LogP contribution >= 0.6 is 0 Å². The first-order valence-electron chi connectivity index (χ1n) is 6.73. The molecular formula is C13H26N2. The molecule has 0 aromatic carbocycles. The SMILES string of the molecule is CCN(CC1CCC1)CC1(N)CCCC1. The Morgan fingerprint density at radius 1 is 1.20 bits per heavy atom. The molecule has 0 aliphatic heterocycles. The van der Waals surface area contributed by atoms with Crippen LogP contribution in [0, 0.1) is 5.92 Å². The van der Waals surface area contributed by atoms with Crippen molar-refractivity contribution in [3.8, 4) is 0 Å². The standard InChI is InChI=1S/C13H26N2/c1-2-15(10-12-6-5-7-12)11-13(14)8-3-4-9-13/h12H,2-11,14H2,1H3. The molecule has 0 atom stereocenters. The molecule has 2 fully saturated rings. The molecule has 0 heterocycles. The summed E-state index contributed by atoms with van der Waals surface area (Å²) in [5, 5.41) is 0. The number of likely N-dealkylation sites (N-methyl/N-ethyl adjacent to an activating group) is 1. The first-order chi connectivity index (χ1) is 7.22. The molecule has 15 heavy (non-hydrogen) atoms. The maximum Gasteiger partial charge on any atom is 0.0283 e. The Morgan fingerprint density at radius 2 is 1.87 bits per heavy atom. The van der Waals surface area contributed by atoms with Crippen LogP contribution in [0.25, 0.3) is 0 Å². The van der Waals surface area contributed by atoms with Gasteiger partial charge >= 0.3 is 0 Å². The van der Waals surface area contributed by atoms with Gasteiger partial charge in [0, 0.05) is 18.6 Å². The second-order valence-electron chi connectivity index (χ2n) is 5.69. The zero-order valence-electron chi connectivity index (χ0n) is 10.2. The van der Waals surface area contributed by atoms with Crippen LogP contribution in [0.15, 0.2) is 0 Å². The maximum absolute atomic E-state index is 6.43. The molecule has 0 radical (unpaired) electrons. The molecule has 0 bridgehead atoms. The van der Waals surface area contributed by atoms with Crippen molar-refractivity contribution in [2.24, 2.45) is 11.7 Å². The monoisotopic (exact) mass is 210 g/mol. The normalized spacial score (nSPS) is 25.8. The summed E-state index contributed by atoms with van der Waals surface area (Å²) in [5.74, 6) is 0.981. The molecule has 0 amide bonds. The van der Waals surface area contributed by atoms with Gasteiger partial charge in [0.1, 0.15) is 0 Å². The molecule has 2 saturated carbocycles. The Morgan fingerprint density at radius 3 is 2.33 bits per heavy atom. The van der Waals surface area contributed by atoms with Gasteiger partial charge in [0.2, 0.25) is 0 Å². The van der Waals surface area contributed by atoms with Gasteiger partial charge in [-0.2, -0.15) is 0 Å². The third-order valence-electron chi connectivity index (χ3n) is 4.33. The van der Waals surface area contributed by atoms with Crippen molar-refractivity contribution in [3.05, 3.63) is 0 Å². The van der Waals surface area contributed by atoms with Crippen LogP contribution in [0.4, 0.5) is 0 Å². The smallest absolute Gasteiger partial charge is 0.0283 e. The molecule has 0 spiro atoms. The highest BCUT2D eigenvalue weighted by Gasteiger charge is 2.32. The Bertz CT molecular complexity index is 193. The van der Waals surface area contributed by atoms with Crippen molar-refractivity contribution in [1.29, 1.82) is 0 Å².